The molecule has 1 aromatic rings. The van der Waals surface area contributed by atoms with Gasteiger partial charge in [-0.15, -0.1) is 0 Å². The molecule has 0 aromatic heterocycles. The van der Waals surface area contributed by atoms with Gasteiger partial charge in [0.15, 0.2) is 0 Å². The van der Waals surface area contributed by atoms with Gasteiger partial charge in [0.05, 0.1) is 18.8 Å². The quantitative estimate of drug-likeness (QED) is 0.831. The van der Waals surface area contributed by atoms with Gasteiger partial charge in [0, 0.05) is 13.2 Å². The zero-order chi connectivity index (χ0) is 12.8. The normalized spacial score (nSPS) is 16.5. The average Bonchev–Trinajstić information content (AvgIpc) is 2.27. The van der Waals surface area contributed by atoms with Crippen LogP contribution in [0.25, 0.3) is 0 Å². The highest BCUT2D eigenvalue weighted by atomic mass is 19.1. The summed E-state index contributed by atoms with van der Waals surface area (Å²) >= 11 is 0. The summed E-state index contributed by atoms with van der Waals surface area (Å²) in [6.45, 7) is 4.29. The number of rotatable bonds is 6. The highest BCUT2D eigenvalue weighted by molar-refractivity contribution is 5.20. The van der Waals surface area contributed by atoms with E-state index in [2.05, 4.69) is 0 Å². The summed E-state index contributed by atoms with van der Waals surface area (Å²) in [4.78, 5) is 0. The van der Waals surface area contributed by atoms with Crippen LogP contribution in [0.2, 0.25) is 0 Å². The first-order valence-electron chi connectivity index (χ1n) is 5.70. The van der Waals surface area contributed by atoms with Crippen molar-refractivity contribution < 1.29 is 13.9 Å². The predicted molar refractivity (Wildman–Crippen MR) is 65.2 cm³/mol. The number of nitrogens with two attached hydrogens (primary N) is 1. The Morgan fingerprint density at radius 2 is 1.82 bits per heavy atom. The van der Waals surface area contributed by atoms with Gasteiger partial charge >= 0.3 is 0 Å². The first-order valence-corrected chi connectivity index (χ1v) is 5.70. The molecular weight excluding hydrogens is 221 g/mol. The second kappa shape index (κ2) is 6.69. The van der Waals surface area contributed by atoms with Crippen LogP contribution in [0.15, 0.2) is 24.3 Å². The van der Waals surface area contributed by atoms with Crippen LogP contribution in [0.1, 0.15) is 25.5 Å². The van der Waals surface area contributed by atoms with E-state index in [0.717, 1.165) is 5.56 Å². The van der Waals surface area contributed by atoms with Crippen molar-refractivity contribution in [3.05, 3.63) is 35.6 Å². The Morgan fingerprint density at radius 1 is 1.24 bits per heavy atom. The van der Waals surface area contributed by atoms with Crippen molar-refractivity contribution in [1.29, 1.82) is 0 Å². The summed E-state index contributed by atoms with van der Waals surface area (Å²) in [6.07, 6.45) is -0.304. The van der Waals surface area contributed by atoms with Crippen molar-refractivity contribution in [2.24, 2.45) is 5.73 Å². The fraction of sp³-hybridized carbons (Fsp3) is 0.538. The molecule has 0 fully saturated rings. The van der Waals surface area contributed by atoms with Crippen molar-refractivity contribution in [3.63, 3.8) is 0 Å². The van der Waals surface area contributed by atoms with Crippen LogP contribution in [0.4, 0.5) is 4.39 Å². The number of methoxy groups -OCH3 is 1. The predicted octanol–water partition coefficient (Wildman–Crippen LogP) is 2.27. The number of hydrogen-bond acceptors (Lipinski definition) is 3. The van der Waals surface area contributed by atoms with E-state index in [9.17, 15) is 4.39 Å². The van der Waals surface area contributed by atoms with Gasteiger partial charge in [0.25, 0.3) is 0 Å². The van der Waals surface area contributed by atoms with Gasteiger partial charge in [-0.05, 0) is 31.5 Å². The lowest BCUT2D eigenvalue weighted by Crippen LogP contribution is -2.31. The topological polar surface area (TPSA) is 44.5 Å². The largest absolute Gasteiger partial charge is 0.382 e. The summed E-state index contributed by atoms with van der Waals surface area (Å²) in [5, 5.41) is 0. The standard InChI is InChI=1S/C13H20FNO2/c1-9(8-16-3)17-13(10(2)15)11-4-6-12(14)7-5-11/h4-7,9-10,13H,8,15H2,1-3H3. The van der Waals surface area contributed by atoms with Gasteiger partial charge in [0.2, 0.25) is 0 Å². The van der Waals surface area contributed by atoms with Crippen LogP contribution < -0.4 is 5.73 Å². The van der Waals surface area contributed by atoms with Crippen LogP contribution in [-0.2, 0) is 9.47 Å². The molecule has 0 aliphatic heterocycles. The van der Waals surface area contributed by atoms with E-state index >= 15 is 0 Å². The van der Waals surface area contributed by atoms with Crippen LogP contribution in [0.5, 0.6) is 0 Å². The molecule has 0 saturated carbocycles. The average molecular weight is 241 g/mol. The third-order valence-corrected chi connectivity index (χ3v) is 2.46. The van der Waals surface area contributed by atoms with Crippen molar-refractivity contribution >= 4 is 0 Å². The Kier molecular flexibility index (Phi) is 5.55. The van der Waals surface area contributed by atoms with Gasteiger partial charge in [0.1, 0.15) is 5.82 Å². The lowest BCUT2D eigenvalue weighted by atomic mass is 10.0. The second-order valence-electron chi connectivity index (χ2n) is 4.23. The zero-order valence-electron chi connectivity index (χ0n) is 10.5. The third-order valence-electron chi connectivity index (χ3n) is 2.46. The molecule has 3 atom stereocenters. The Labute approximate surface area is 102 Å². The second-order valence-corrected chi connectivity index (χ2v) is 4.23. The molecule has 0 heterocycles. The van der Waals surface area contributed by atoms with E-state index in [4.69, 9.17) is 15.2 Å². The van der Waals surface area contributed by atoms with Gasteiger partial charge in [-0.2, -0.15) is 0 Å². The Hall–Kier alpha value is -0.970. The minimum absolute atomic E-state index is 0.0546. The molecule has 1 rings (SSSR count). The summed E-state index contributed by atoms with van der Waals surface area (Å²) in [5.41, 5.74) is 6.77. The van der Waals surface area contributed by atoms with Gasteiger partial charge in [-0.3, -0.25) is 0 Å². The Balaban J connectivity index is 2.75. The molecule has 3 nitrogen and oxygen atoms in total. The number of halogens is 1. The molecular formula is C13H20FNO2. The van der Waals surface area contributed by atoms with Crippen LogP contribution in [0, 0.1) is 5.82 Å². The molecule has 0 radical (unpaired) electrons. The van der Waals surface area contributed by atoms with Crippen LogP contribution >= 0.6 is 0 Å². The fourth-order valence-electron chi connectivity index (χ4n) is 1.68. The Morgan fingerprint density at radius 3 is 2.29 bits per heavy atom. The SMILES string of the molecule is COCC(C)OC(c1ccc(F)cc1)C(C)N. The highest BCUT2D eigenvalue weighted by Gasteiger charge is 2.19. The summed E-state index contributed by atoms with van der Waals surface area (Å²) in [5.74, 6) is -0.262. The third kappa shape index (κ3) is 4.42. The maximum Gasteiger partial charge on any atom is 0.123 e. The summed E-state index contributed by atoms with van der Waals surface area (Å²) in [6, 6.07) is 6.05. The molecule has 0 aliphatic carbocycles. The molecule has 3 unspecified atom stereocenters. The molecule has 0 bridgehead atoms. The molecule has 0 saturated heterocycles. The summed E-state index contributed by atoms with van der Waals surface area (Å²) in [7, 11) is 1.62. The van der Waals surface area contributed by atoms with Gasteiger partial charge in [-0.1, -0.05) is 12.1 Å². The minimum Gasteiger partial charge on any atom is -0.382 e. The molecule has 0 spiro atoms. The number of ether oxygens (including phenoxy) is 2. The lowest BCUT2D eigenvalue weighted by Gasteiger charge is -2.25. The highest BCUT2D eigenvalue weighted by Crippen LogP contribution is 2.22. The maximum absolute atomic E-state index is 12.8. The van der Waals surface area contributed by atoms with Crippen molar-refractivity contribution in [3.8, 4) is 0 Å². The first-order chi connectivity index (χ1) is 8.04. The van der Waals surface area contributed by atoms with Crippen molar-refractivity contribution in [2.75, 3.05) is 13.7 Å². The smallest absolute Gasteiger partial charge is 0.123 e. The van der Waals surface area contributed by atoms with Crippen LogP contribution in [0.3, 0.4) is 0 Å². The van der Waals surface area contributed by atoms with E-state index in [0.29, 0.717) is 6.61 Å². The van der Waals surface area contributed by atoms with E-state index in [-0.39, 0.29) is 24.1 Å². The number of hydrogen-bond donors (Lipinski definition) is 1. The Bertz CT molecular complexity index is 327. The molecule has 17 heavy (non-hydrogen) atoms. The number of benzene rings is 1. The fourth-order valence-corrected chi connectivity index (χ4v) is 1.68. The lowest BCUT2D eigenvalue weighted by molar-refractivity contribution is -0.0481. The summed E-state index contributed by atoms with van der Waals surface area (Å²) < 4.78 is 23.7. The monoisotopic (exact) mass is 241 g/mol. The van der Waals surface area contributed by atoms with Gasteiger partial charge in [-0.25, -0.2) is 4.39 Å². The molecule has 0 amide bonds. The molecule has 96 valence electrons. The zero-order valence-corrected chi connectivity index (χ0v) is 10.5. The van der Waals surface area contributed by atoms with E-state index < -0.39 is 0 Å². The minimum atomic E-state index is -0.262. The van der Waals surface area contributed by atoms with Gasteiger partial charge < -0.3 is 15.2 Å². The molecule has 1 aromatic carbocycles. The van der Waals surface area contributed by atoms with Crippen molar-refractivity contribution in [2.45, 2.75) is 32.1 Å². The van der Waals surface area contributed by atoms with Crippen LogP contribution in [-0.4, -0.2) is 25.9 Å². The molecule has 0 aliphatic rings. The molecule has 2 N–H and O–H groups in total. The maximum atomic E-state index is 12.8. The van der Waals surface area contributed by atoms with E-state index in [1.54, 1.807) is 19.2 Å². The van der Waals surface area contributed by atoms with E-state index in [1.165, 1.54) is 12.1 Å². The first kappa shape index (κ1) is 14.1. The van der Waals surface area contributed by atoms with E-state index in [1.807, 2.05) is 13.8 Å². The molecule has 4 heteroatoms. The van der Waals surface area contributed by atoms with Crippen molar-refractivity contribution in [1.82, 2.24) is 0 Å².